The SMILES string of the molecule is O=C(O)Cn1nncc1-c1ccc(Cl)cc1. The second kappa shape index (κ2) is 4.32. The Kier molecular flexibility index (Phi) is 2.87. The van der Waals surface area contributed by atoms with E-state index in [-0.39, 0.29) is 6.54 Å². The highest BCUT2D eigenvalue weighted by Crippen LogP contribution is 2.20. The molecule has 0 saturated carbocycles. The zero-order valence-corrected chi connectivity index (χ0v) is 8.92. The van der Waals surface area contributed by atoms with Gasteiger partial charge in [-0.2, -0.15) is 0 Å². The minimum absolute atomic E-state index is 0.210. The Hall–Kier alpha value is -1.88. The van der Waals surface area contributed by atoms with Crippen LogP contribution in [0.5, 0.6) is 0 Å². The Balaban J connectivity index is 2.36. The van der Waals surface area contributed by atoms with Crippen molar-refractivity contribution in [2.45, 2.75) is 6.54 Å². The fraction of sp³-hybridized carbons (Fsp3) is 0.100. The molecule has 1 aromatic heterocycles. The Morgan fingerprint density at radius 2 is 2.06 bits per heavy atom. The fourth-order valence-corrected chi connectivity index (χ4v) is 1.47. The third-order valence-corrected chi connectivity index (χ3v) is 2.29. The van der Waals surface area contributed by atoms with E-state index in [0.29, 0.717) is 10.7 Å². The first-order valence-electron chi connectivity index (χ1n) is 4.53. The number of carboxylic acid groups (broad SMARTS) is 1. The molecule has 2 rings (SSSR count). The normalized spacial score (nSPS) is 10.3. The van der Waals surface area contributed by atoms with E-state index in [1.807, 2.05) is 0 Å². The summed E-state index contributed by atoms with van der Waals surface area (Å²) in [6, 6.07) is 7.04. The maximum Gasteiger partial charge on any atom is 0.325 e. The number of aliphatic carboxylic acids is 1. The predicted octanol–water partition coefficient (Wildman–Crippen LogP) is 1.68. The molecule has 1 N–H and O–H groups in total. The molecule has 6 heteroatoms. The van der Waals surface area contributed by atoms with Gasteiger partial charge in [-0.3, -0.25) is 4.79 Å². The number of aromatic nitrogens is 3. The highest BCUT2D eigenvalue weighted by molar-refractivity contribution is 6.30. The van der Waals surface area contributed by atoms with Gasteiger partial charge in [-0.15, -0.1) is 5.10 Å². The van der Waals surface area contributed by atoms with Gasteiger partial charge in [-0.1, -0.05) is 28.9 Å². The number of rotatable bonds is 3. The third-order valence-electron chi connectivity index (χ3n) is 2.04. The van der Waals surface area contributed by atoms with Crippen LogP contribution in [0.15, 0.2) is 30.5 Å². The van der Waals surface area contributed by atoms with Crippen molar-refractivity contribution in [1.82, 2.24) is 15.0 Å². The Morgan fingerprint density at radius 3 is 2.69 bits per heavy atom. The van der Waals surface area contributed by atoms with Crippen molar-refractivity contribution >= 4 is 17.6 Å². The van der Waals surface area contributed by atoms with Crippen LogP contribution < -0.4 is 0 Å². The minimum atomic E-state index is -0.958. The Labute approximate surface area is 96.3 Å². The van der Waals surface area contributed by atoms with Crippen LogP contribution in [-0.2, 0) is 11.3 Å². The number of benzene rings is 1. The number of carboxylic acids is 1. The standard InChI is InChI=1S/C10H8ClN3O2/c11-8-3-1-7(2-4-8)9-5-12-13-14(9)6-10(15)16/h1-5H,6H2,(H,15,16). The summed E-state index contributed by atoms with van der Waals surface area (Å²) in [5, 5.41) is 16.7. The second-order valence-electron chi connectivity index (χ2n) is 3.18. The van der Waals surface area contributed by atoms with E-state index >= 15 is 0 Å². The molecule has 0 amide bonds. The molecule has 0 saturated heterocycles. The number of hydrogen-bond donors (Lipinski definition) is 1. The molecule has 2 aromatic rings. The van der Waals surface area contributed by atoms with Gasteiger partial charge in [-0.25, -0.2) is 4.68 Å². The molecule has 0 fully saturated rings. The molecule has 16 heavy (non-hydrogen) atoms. The zero-order valence-electron chi connectivity index (χ0n) is 8.17. The lowest BCUT2D eigenvalue weighted by atomic mass is 10.2. The molecule has 5 nitrogen and oxygen atoms in total. The second-order valence-corrected chi connectivity index (χ2v) is 3.61. The van der Waals surface area contributed by atoms with Gasteiger partial charge >= 0.3 is 5.97 Å². The molecule has 0 aliphatic heterocycles. The molecular weight excluding hydrogens is 230 g/mol. The lowest BCUT2D eigenvalue weighted by Gasteiger charge is -2.03. The summed E-state index contributed by atoms with van der Waals surface area (Å²) in [5.41, 5.74) is 1.48. The number of carbonyl (C=O) groups is 1. The topological polar surface area (TPSA) is 68.0 Å². The summed E-state index contributed by atoms with van der Waals surface area (Å²) in [6.07, 6.45) is 1.52. The monoisotopic (exact) mass is 237 g/mol. The first kappa shape index (κ1) is 10.6. The highest BCUT2D eigenvalue weighted by atomic mass is 35.5. The molecule has 0 bridgehead atoms. The van der Waals surface area contributed by atoms with Crippen molar-refractivity contribution in [1.29, 1.82) is 0 Å². The van der Waals surface area contributed by atoms with Gasteiger partial charge < -0.3 is 5.11 Å². The third kappa shape index (κ3) is 2.20. The van der Waals surface area contributed by atoms with E-state index in [4.69, 9.17) is 16.7 Å². The largest absolute Gasteiger partial charge is 0.480 e. The minimum Gasteiger partial charge on any atom is -0.480 e. The predicted molar refractivity (Wildman–Crippen MR) is 58.1 cm³/mol. The van der Waals surface area contributed by atoms with Crippen LogP contribution in [0.1, 0.15) is 0 Å². The summed E-state index contributed by atoms with van der Waals surface area (Å²) in [6.45, 7) is -0.210. The molecule has 0 aliphatic rings. The van der Waals surface area contributed by atoms with Crippen molar-refractivity contribution in [3.63, 3.8) is 0 Å². The van der Waals surface area contributed by atoms with E-state index in [2.05, 4.69) is 10.3 Å². The highest BCUT2D eigenvalue weighted by Gasteiger charge is 2.09. The van der Waals surface area contributed by atoms with Crippen molar-refractivity contribution in [2.24, 2.45) is 0 Å². The summed E-state index contributed by atoms with van der Waals surface area (Å²) >= 11 is 5.77. The lowest BCUT2D eigenvalue weighted by molar-refractivity contribution is -0.137. The molecule has 1 aromatic carbocycles. The van der Waals surface area contributed by atoms with Gasteiger partial charge in [0.15, 0.2) is 0 Å². The molecule has 0 aliphatic carbocycles. The average Bonchev–Trinajstić information content (AvgIpc) is 2.66. The molecule has 0 atom stereocenters. The zero-order chi connectivity index (χ0) is 11.5. The van der Waals surface area contributed by atoms with E-state index in [9.17, 15) is 4.79 Å². The number of nitrogens with zero attached hydrogens (tertiary/aromatic N) is 3. The van der Waals surface area contributed by atoms with Gasteiger partial charge in [0.2, 0.25) is 0 Å². The molecule has 0 unspecified atom stereocenters. The summed E-state index contributed by atoms with van der Waals surface area (Å²) in [5.74, 6) is -0.958. The van der Waals surface area contributed by atoms with Gasteiger partial charge in [0, 0.05) is 10.6 Å². The molecule has 0 radical (unpaired) electrons. The van der Waals surface area contributed by atoms with E-state index in [1.165, 1.54) is 10.9 Å². The van der Waals surface area contributed by atoms with Crippen molar-refractivity contribution in [3.05, 3.63) is 35.5 Å². The molecule has 82 valence electrons. The van der Waals surface area contributed by atoms with Crippen LogP contribution in [0.25, 0.3) is 11.3 Å². The Bertz CT molecular complexity index is 507. The van der Waals surface area contributed by atoms with E-state index < -0.39 is 5.97 Å². The van der Waals surface area contributed by atoms with Crippen molar-refractivity contribution in [2.75, 3.05) is 0 Å². The smallest absolute Gasteiger partial charge is 0.325 e. The number of hydrogen-bond acceptors (Lipinski definition) is 3. The van der Waals surface area contributed by atoms with Crippen LogP contribution in [0.3, 0.4) is 0 Å². The van der Waals surface area contributed by atoms with Crippen LogP contribution in [-0.4, -0.2) is 26.1 Å². The molecule has 0 spiro atoms. The summed E-state index contributed by atoms with van der Waals surface area (Å²) in [4.78, 5) is 10.6. The van der Waals surface area contributed by atoms with Crippen LogP contribution in [0.4, 0.5) is 0 Å². The van der Waals surface area contributed by atoms with Crippen molar-refractivity contribution in [3.8, 4) is 11.3 Å². The maximum absolute atomic E-state index is 10.6. The molecular formula is C10H8ClN3O2. The van der Waals surface area contributed by atoms with Gasteiger partial charge in [0.25, 0.3) is 0 Å². The maximum atomic E-state index is 10.6. The summed E-state index contributed by atoms with van der Waals surface area (Å²) in [7, 11) is 0. The lowest BCUT2D eigenvalue weighted by Crippen LogP contribution is -2.11. The van der Waals surface area contributed by atoms with Crippen LogP contribution in [0.2, 0.25) is 5.02 Å². The average molecular weight is 238 g/mol. The van der Waals surface area contributed by atoms with E-state index in [0.717, 1.165) is 5.56 Å². The fourth-order valence-electron chi connectivity index (χ4n) is 1.35. The summed E-state index contributed by atoms with van der Waals surface area (Å²) < 4.78 is 1.32. The van der Waals surface area contributed by atoms with Gasteiger partial charge in [0.05, 0.1) is 11.9 Å². The van der Waals surface area contributed by atoms with Gasteiger partial charge in [-0.05, 0) is 12.1 Å². The first-order chi connectivity index (χ1) is 7.66. The molecule has 1 heterocycles. The first-order valence-corrected chi connectivity index (χ1v) is 4.91. The van der Waals surface area contributed by atoms with Gasteiger partial charge in [0.1, 0.15) is 6.54 Å². The number of halogens is 1. The van der Waals surface area contributed by atoms with Crippen LogP contribution >= 0.6 is 11.6 Å². The van der Waals surface area contributed by atoms with Crippen molar-refractivity contribution < 1.29 is 9.90 Å². The van der Waals surface area contributed by atoms with Crippen LogP contribution in [0, 0.1) is 0 Å². The quantitative estimate of drug-likeness (QED) is 0.882. The van der Waals surface area contributed by atoms with E-state index in [1.54, 1.807) is 24.3 Å². The Morgan fingerprint density at radius 1 is 1.38 bits per heavy atom.